The summed E-state index contributed by atoms with van der Waals surface area (Å²) in [6, 6.07) is 0. The number of allylic oxidation sites excluding steroid dienone is 24. The quantitative estimate of drug-likeness (QED) is 0.395. The smallest absolute Gasteiger partial charge is 0.0133 e. The molecule has 6 aliphatic rings. The molecule has 176 valence electrons. The molecule has 35 heavy (non-hydrogen) atoms. The van der Waals surface area contributed by atoms with Crippen molar-refractivity contribution in [1.82, 2.24) is 0 Å². The van der Waals surface area contributed by atoms with Gasteiger partial charge in [-0.05, 0) is 102 Å². The highest BCUT2D eigenvalue weighted by Gasteiger charge is 2.35. The summed E-state index contributed by atoms with van der Waals surface area (Å²) >= 11 is 0. The van der Waals surface area contributed by atoms with Crippen molar-refractivity contribution < 1.29 is 0 Å². The first kappa shape index (κ1) is 22.4. The fourth-order valence-corrected chi connectivity index (χ4v) is 6.71. The third-order valence-electron chi connectivity index (χ3n) is 8.49. The Bertz CT molecular complexity index is 1260. The van der Waals surface area contributed by atoms with E-state index in [1.54, 1.807) is 11.1 Å². The van der Waals surface area contributed by atoms with Crippen molar-refractivity contribution in [1.29, 1.82) is 0 Å². The van der Waals surface area contributed by atoms with Gasteiger partial charge in [-0.2, -0.15) is 0 Å². The number of fused-ring (bicyclic) bond motifs is 2. The van der Waals surface area contributed by atoms with E-state index in [4.69, 9.17) is 0 Å². The standard InChI is InChI=1S/C35H36/c1-2-10-31-24-34(30-22-19-26-13-6-7-14-29(26)23-30)32-15-8-9-16-33(32)35(31)28-20-17-27(18-21-28)25-11-4-3-5-12-25/h2-4,6,8-11,13,15-17,19-20,22,24,29,32-33H,5,7,12,14,18,21,23H2,1H3. The van der Waals surface area contributed by atoms with Gasteiger partial charge in [-0.25, -0.2) is 0 Å². The van der Waals surface area contributed by atoms with Crippen LogP contribution in [0.3, 0.4) is 0 Å². The first-order valence-corrected chi connectivity index (χ1v) is 13.6. The van der Waals surface area contributed by atoms with E-state index in [2.05, 4.69) is 104 Å². The summed E-state index contributed by atoms with van der Waals surface area (Å²) in [5.74, 6) is 1.54. The van der Waals surface area contributed by atoms with Crippen molar-refractivity contribution in [3.63, 3.8) is 0 Å². The van der Waals surface area contributed by atoms with Crippen LogP contribution < -0.4 is 0 Å². The summed E-state index contributed by atoms with van der Waals surface area (Å²) in [4.78, 5) is 0. The molecule has 6 aliphatic carbocycles. The highest BCUT2D eigenvalue weighted by molar-refractivity contribution is 5.61. The summed E-state index contributed by atoms with van der Waals surface area (Å²) < 4.78 is 0. The Morgan fingerprint density at radius 1 is 0.743 bits per heavy atom. The van der Waals surface area contributed by atoms with Gasteiger partial charge in [0.05, 0.1) is 0 Å². The van der Waals surface area contributed by atoms with E-state index in [-0.39, 0.29) is 0 Å². The summed E-state index contributed by atoms with van der Waals surface area (Å²) in [7, 11) is 0. The minimum Gasteiger partial charge on any atom is -0.0871 e. The first-order chi connectivity index (χ1) is 17.3. The zero-order chi connectivity index (χ0) is 23.6. The molecule has 0 radical (unpaired) electrons. The maximum absolute atomic E-state index is 2.53. The van der Waals surface area contributed by atoms with Crippen LogP contribution >= 0.6 is 0 Å². The van der Waals surface area contributed by atoms with E-state index in [9.17, 15) is 0 Å². The zero-order valence-corrected chi connectivity index (χ0v) is 20.9. The maximum atomic E-state index is 2.53. The summed E-state index contributed by atoms with van der Waals surface area (Å²) in [6.07, 6.45) is 46.0. The maximum Gasteiger partial charge on any atom is 0.0133 e. The zero-order valence-electron chi connectivity index (χ0n) is 20.9. The van der Waals surface area contributed by atoms with Crippen LogP contribution in [0.1, 0.15) is 51.9 Å². The van der Waals surface area contributed by atoms with Crippen LogP contribution in [0.25, 0.3) is 0 Å². The Hall–Kier alpha value is -3.12. The minimum atomic E-state index is 0.418. The molecule has 0 aliphatic heterocycles. The van der Waals surface area contributed by atoms with Crippen molar-refractivity contribution in [2.75, 3.05) is 0 Å². The molecule has 0 saturated heterocycles. The average molecular weight is 457 g/mol. The van der Waals surface area contributed by atoms with Gasteiger partial charge < -0.3 is 0 Å². The van der Waals surface area contributed by atoms with Crippen molar-refractivity contribution in [2.45, 2.75) is 51.9 Å². The third kappa shape index (κ3) is 4.36. The molecule has 0 nitrogen and oxygen atoms in total. The minimum absolute atomic E-state index is 0.418. The molecule has 0 saturated carbocycles. The first-order valence-electron chi connectivity index (χ1n) is 13.6. The summed E-state index contributed by atoms with van der Waals surface area (Å²) in [5, 5.41) is 0. The Kier molecular flexibility index (Phi) is 6.30. The molecule has 3 unspecified atom stereocenters. The molecule has 0 spiro atoms. The molecule has 0 heteroatoms. The lowest BCUT2D eigenvalue weighted by molar-refractivity contribution is 0.533. The second-order valence-corrected chi connectivity index (χ2v) is 10.6. The SMILES string of the molecule is CC=CC1=C(C2=CC=C(C3=CC=CCC3)CC2)C2C=CC=CC2C(C2=CC=C3C=CCCC3C2)=C1. The van der Waals surface area contributed by atoms with Crippen LogP contribution in [0.15, 0.2) is 142 Å². The highest BCUT2D eigenvalue weighted by atomic mass is 14.4. The van der Waals surface area contributed by atoms with Gasteiger partial charge in [-0.1, -0.05) is 97.2 Å². The van der Waals surface area contributed by atoms with Crippen molar-refractivity contribution >= 4 is 0 Å². The van der Waals surface area contributed by atoms with E-state index in [1.807, 2.05) is 0 Å². The lowest BCUT2D eigenvalue weighted by Gasteiger charge is -2.38. The van der Waals surface area contributed by atoms with Gasteiger partial charge in [-0.3, -0.25) is 0 Å². The van der Waals surface area contributed by atoms with Gasteiger partial charge in [-0.15, -0.1) is 0 Å². The van der Waals surface area contributed by atoms with Crippen molar-refractivity contribution in [3.05, 3.63) is 142 Å². The Balaban J connectivity index is 1.40. The van der Waals surface area contributed by atoms with Gasteiger partial charge in [0.25, 0.3) is 0 Å². The van der Waals surface area contributed by atoms with E-state index in [0.717, 1.165) is 12.8 Å². The normalized spacial score (nSPS) is 29.7. The van der Waals surface area contributed by atoms with E-state index >= 15 is 0 Å². The molecule has 0 amide bonds. The lowest BCUT2D eigenvalue weighted by atomic mass is 9.66. The Morgan fingerprint density at radius 3 is 2.34 bits per heavy atom. The largest absolute Gasteiger partial charge is 0.0871 e. The second-order valence-electron chi connectivity index (χ2n) is 10.6. The highest BCUT2D eigenvalue weighted by Crippen LogP contribution is 2.48. The van der Waals surface area contributed by atoms with E-state index in [1.165, 1.54) is 65.5 Å². The molecule has 0 aromatic heterocycles. The van der Waals surface area contributed by atoms with Crippen LogP contribution in [-0.4, -0.2) is 0 Å². The number of hydrogen-bond donors (Lipinski definition) is 0. The molecular formula is C35H36. The average Bonchev–Trinajstić information content (AvgIpc) is 2.93. The molecule has 0 aromatic rings. The second kappa shape index (κ2) is 9.86. The summed E-state index contributed by atoms with van der Waals surface area (Å²) in [5.41, 5.74) is 12.1. The van der Waals surface area contributed by atoms with Crippen molar-refractivity contribution in [2.24, 2.45) is 17.8 Å². The molecule has 0 N–H and O–H groups in total. The van der Waals surface area contributed by atoms with Crippen LogP contribution in [0.5, 0.6) is 0 Å². The van der Waals surface area contributed by atoms with Crippen LogP contribution in [0, 0.1) is 17.8 Å². The van der Waals surface area contributed by atoms with E-state index < -0.39 is 0 Å². The van der Waals surface area contributed by atoms with Gasteiger partial charge in [0, 0.05) is 11.8 Å². The van der Waals surface area contributed by atoms with Crippen molar-refractivity contribution in [3.8, 4) is 0 Å². The number of hydrogen-bond acceptors (Lipinski definition) is 0. The van der Waals surface area contributed by atoms with Crippen LogP contribution in [-0.2, 0) is 0 Å². The van der Waals surface area contributed by atoms with Gasteiger partial charge in [0.15, 0.2) is 0 Å². The van der Waals surface area contributed by atoms with Crippen LogP contribution in [0.4, 0.5) is 0 Å². The predicted molar refractivity (Wildman–Crippen MR) is 150 cm³/mol. The molecule has 0 fully saturated rings. The Labute approximate surface area is 211 Å². The van der Waals surface area contributed by atoms with Crippen LogP contribution in [0.2, 0.25) is 0 Å². The fourth-order valence-electron chi connectivity index (χ4n) is 6.71. The monoisotopic (exact) mass is 456 g/mol. The van der Waals surface area contributed by atoms with Gasteiger partial charge in [0.2, 0.25) is 0 Å². The fraction of sp³-hybridized carbons (Fsp3) is 0.314. The lowest BCUT2D eigenvalue weighted by Crippen LogP contribution is -2.25. The molecule has 3 atom stereocenters. The molecule has 0 bridgehead atoms. The van der Waals surface area contributed by atoms with Gasteiger partial charge in [0.1, 0.15) is 0 Å². The third-order valence-corrected chi connectivity index (χ3v) is 8.49. The predicted octanol–water partition coefficient (Wildman–Crippen LogP) is 9.30. The topological polar surface area (TPSA) is 0 Å². The number of rotatable bonds is 4. The molecule has 6 rings (SSSR count). The Morgan fingerprint density at radius 2 is 1.54 bits per heavy atom. The molecule has 0 aromatic carbocycles. The molecular weight excluding hydrogens is 420 g/mol. The van der Waals surface area contributed by atoms with E-state index in [0.29, 0.717) is 17.8 Å². The summed E-state index contributed by atoms with van der Waals surface area (Å²) in [6.45, 7) is 2.15. The molecule has 0 heterocycles. The van der Waals surface area contributed by atoms with Gasteiger partial charge >= 0.3 is 0 Å².